The van der Waals surface area contributed by atoms with Crippen LogP contribution in [0.3, 0.4) is 0 Å². The molecule has 0 heterocycles. The van der Waals surface area contributed by atoms with Crippen molar-refractivity contribution in [2.24, 2.45) is 0 Å². The molecule has 0 amide bonds. The van der Waals surface area contributed by atoms with Gasteiger partial charge >= 0.3 is 5.97 Å². The number of ether oxygens (including phenoxy) is 1. The Morgan fingerprint density at radius 2 is 1.95 bits per heavy atom. The van der Waals surface area contributed by atoms with Crippen molar-refractivity contribution in [3.05, 3.63) is 59.9 Å². The zero-order valence-electron chi connectivity index (χ0n) is 11.8. The second kappa shape index (κ2) is 5.83. The number of para-hydroxylation sites is 2. The van der Waals surface area contributed by atoms with Gasteiger partial charge in [0.05, 0.1) is 12.8 Å². The summed E-state index contributed by atoms with van der Waals surface area (Å²) >= 11 is 0. The Hall–Kier alpha value is -2.56. The topological polar surface area (TPSA) is 58.6 Å². The van der Waals surface area contributed by atoms with Gasteiger partial charge in [-0.15, -0.1) is 0 Å². The number of nitrogens with one attached hydrogen (secondary N) is 1. The molecule has 1 atom stereocenters. The molecular formula is C16H16FNO3. The molecule has 2 N–H and O–H groups in total. The van der Waals surface area contributed by atoms with Crippen LogP contribution in [-0.2, 0) is 10.3 Å². The zero-order chi connectivity index (χ0) is 15.5. The van der Waals surface area contributed by atoms with Gasteiger partial charge in [-0.25, -0.2) is 9.18 Å². The standard InChI is InChI=1S/C16H16FNO3/c1-16(15(19)20,11-6-5-7-12(17)10-11)18-13-8-3-4-9-14(13)21-2/h3-10,18H,1-2H3,(H,19,20). The summed E-state index contributed by atoms with van der Waals surface area (Å²) in [4.78, 5) is 11.7. The lowest BCUT2D eigenvalue weighted by molar-refractivity contribution is -0.142. The molecule has 0 aromatic heterocycles. The minimum atomic E-state index is -1.48. The number of carboxylic acids is 1. The van der Waals surface area contributed by atoms with Gasteiger partial charge < -0.3 is 15.2 Å². The third-order valence-electron chi connectivity index (χ3n) is 3.32. The smallest absolute Gasteiger partial charge is 0.333 e. The van der Waals surface area contributed by atoms with Crippen LogP contribution in [0.4, 0.5) is 10.1 Å². The van der Waals surface area contributed by atoms with E-state index in [1.165, 1.54) is 32.2 Å². The Labute approximate surface area is 122 Å². The number of methoxy groups -OCH3 is 1. The van der Waals surface area contributed by atoms with E-state index in [4.69, 9.17) is 4.74 Å². The first-order chi connectivity index (χ1) is 9.97. The van der Waals surface area contributed by atoms with Crippen LogP contribution in [0.15, 0.2) is 48.5 Å². The van der Waals surface area contributed by atoms with E-state index in [-0.39, 0.29) is 0 Å². The molecule has 2 aromatic rings. The number of rotatable bonds is 5. The van der Waals surface area contributed by atoms with Crippen molar-refractivity contribution >= 4 is 11.7 Å². The summed E-state index contributed by atoms with van der Waals surface area (Å²) in [7, 11) is 1.50. The lowest BCUT2D eigenvalue weighted by Gasteiger charge is -2.28. The molecule has 0 aliphatic rings. The third-order valence-corrected chi connectivity index (χ3v) is 3.32. The monoisotopic (exact) mass is 289 g/mol. The fourth-order valence-electron chi connectivity index (χ4n) is 2.07. The highest BCUT2D eigenvalue weighted by Gasteiger charge is 2.36. The Bertz CT molecular complexity index is 659. The first kappa shape index (κ1) is 14.8. The molecular weight excluding hydrogens is 273 g/mol. The number of hydrogen-bond acceptors (Lipinski definition) is 3. The number of benzene rings is 2. The third kappa shape index (κ3) is 2.97. The maximum atomic E-state index is 13.4. The van der Waals surface area contributed by atoms with Crippen molar-refractivity contribution in [2.45, 2.75) is 12.5 Å². The van der Waals surface area contributed by atoms with E-state index >= 15 is 0 Å². The van der Waals surface area contributed by atoms with Crippen LogP contribution in [0, 0.1) is 5.82 Å². The van der Waals surface area contributed by atoms with Crippen LogP contribution in [0.2, 0.25) is 0 Å². The van der Waals surface area contributed by atoms with Crippen LogP contribution in [0.5, 0.6) is 5.75 Å². The molecule has 4 nitrogen and oxygen atoms in total. The van der Waals surface area contributed by atoms with E-state index in [1.807, 2.05) is 0 Å². The highest BCUT2D eigenvalue weighted by Crippen LogP contribution is 2.32. The summed E-state index contributed by atoms with van der Waals surface area (Å²) in [5, 5.41) is 12.5. The SMILES string of the molecule is COc1ccccc1NC(C)(C(=O)O)c1cccc(F)c1. The largest absolute Gasteiger partial charge is 0.495 e. The molecule has 21 heavy (non-hydrogen) atoms. The molecule has 0 saturated heterocycles. The maximum Gasteiger partial charge on any atom is 0.333 e. The van der Waals surface area contributed by atoms with Crippen LogP contribution in [0.1, 0.15) is 12.5 Å². The summed E-state index contributed by atoms with van der Waals surface area (Å²) in [6.07, 6.45) is 0. The maximum absolute atomic E-state index is 13.4. The van der Waals surface area contributed by atoms with E-state index in [1.54, 1.807) is 30.3 Å². The molecule has 0 spiro atoms. The van der Waals surface area contributed by atoms with Gasteiger partial charge in [-0.2, -0.15) is 0 Å². The molecule has 0 radical (unpaired) electrons. The van der Waals surface area contributed by atoms with Gasteiger partial charge in [0.25, 0.3) is 0 Å². The number of anilines is 1. The Morgan fingerprint density at radius 3 is 2.57 bits per heavy atom. The van der Waals surface area contributed by atoms with Crippen LogP contribution < -0.4 is 10.1 Å². The molecule has 110 valence electrons. The summed E-state index contributed by atoms with van der Waals surface area (Å²) in [6, 6.07) is 12.5. The highest BCUT2D eigenvalue weighted by atomic mass is 19.1. The molecule has 0 fully saturated rings. The lowest BCUT2D eigenvalue weighted by atomic mass is 9.91. The van der Waals surface area contributed by atoms with E-state index in [0.29, 0.717) is 17.0 Å². The molecule has 0 aliphatic heterocycles. The summed E-state index contributed by atoms with van der Waals surface area (Å²) in [6.45, 7) is 1.48. The summed E-state index contributed by atoms with van der Waals surface area (Å²) in [5.74, 6) is -1.08. The predicted molar refractivity (Wildman–Crippen MR) is 78.0 cm³/mol. The fraction of sp³-hybridized carbons (Fsp3) is 0.188. The number of carbonyl (C=O) groups is 1. The number of halogens is 1. The van der Waals surface area contributed by atoms with Crippen molar-refractivity contribution in [2.75, 3.05) is 12.4 Å². The van der Waals surface area contributed by atoms with Gasteiger partial charge in [-0.3, -0.25) is 0 Å². The van der Waals surface area contributed by atoms with Crippen molar-refractivity contribution in [3.63, 3.8) is 0 Å². The summed E-state index contributed by atoms with van der Waals surface area (Å²) < 4.78 is 18.6. The number of aliphatic carboxylic acids is 1. The van der Waals surface area contributed by atoms with E-state index in [9.17, 15) is 14.3 Å². The van der Waals surface area contributed by atoms with E-state index < -0.39 is 17.3 Å². The van der Waals surface area contributed by atoms with Gasteiger partial charge in [-0.1, -0.05) is 24.3 Å². The molecule has 0 bridgehead atoms. The van der Waals surface area contributed by atoms with Gasteiger partial charge in [0.15, 0.2) is 5.54 Å². The Balaban J connectivity index is 2.46. The fourth-order valence-corrected chi connectivity index (χ4v) is 2.07. The van der Waals surface area contributed by atoms with Gasteiger partial charge in [0, 0.05) is 0 Å². The second-order valence-electron chi connectivity index (χ2n) is 4.77. The van der Waals surface area contributed by atoms with Crippen LogP contribution >= 0.6 is 0 Å². The first-order valence-corrected chi connectivity index (χ1v) is 6.38. The average molecular weight is 289 g/mol. The van der Waals surface area contributed by atoms with E-state index in [2.05, 4.69) is 5.32 Å². The molecule has 2 rings (SSSR count). The van der Waals surface area contributed by atoms with E-state index in [0.717, 1.165) is 0 Å². The van der Waals surface area contributed by atoms with Gasteiger partial charge in [0.2, 0.25) is 0 Å². The number of carboxylic acid groups (broad SMARTS) is 1. The lowest BCUT2D eigenvalue weighted by Crippen LogP contribution is -2.40. The highest BCUT2D eigenvalue weighted by molar-refractivity contribution is 5.84. The van der Waals surface area contributed by atoms with Crippen molar-refractivity contribution in [1.29, 1.82) is 0 Å². The summed E-state index contributed by atoms with van der Waals surface area (Å²) in [5.41, 5.74) is -0.633. The average Bonchev–Trinajstić information content (AvgIpc) is 2.47. The zero-order valence-corrected chi connectivity index (χ0v) is 11.8. The molecule has 0 aliphatic carbocycles. The minimum Gasteiger partial charge on any atom is -0.495 e. The van der Waals surface area contributed by atoms with Crippen molar-refractivity contribution in [1.82, 2.24) is 0 Å². The normalized spacial score (nSPS) is 13.3. The minimum absolute atomic E-state index is 0.320. The molecule has 2 aromatic carbocycles. The van der Waals surface area contributed by atoms with Crippen LogP contribution in [-0.4, -0.2) is 18.2 Å². The molecule has 5 heteroatoms. The van der Waals surface area contributed by atoms with Crippen LogP contribution in [0.25, 0.3) is 0 Å². The van der Waals surface area contributed by atoms with Crippen molar-refractivity contribution < 1.29 is 19.0 Å². The Morgan fingerprint density at radius 1 is 1.24 bits per heavy atom. The second-order valence-corrected chi connectivity index (χ2v) is 4.77. The quantitative estimate of drug-likeness (QED) is 0.887. The first-order valence-electron chi connectivity index (χ1n) is 6.38. The Kier molecular flexibility index (Phi) is 4.12. The van der Waals surface area contributed by atoms with Gasteiger partial charge in [0.1, 0.15) is 11.6 Å². The predicted octanol–water partition coefficient (Wildman–Crippen LogP) is 3.25. The number of hydrogen-bond donors (Lipinski definition) is 2. The van der Waals surface area contributed by atoms with Crippen molar-refractivity contribution in [3.8, 4) is 5.75 Å². The molecule has 1 unspecified atom stereocenters. The van der Waals surface area contributed by atoms with Gasteiger partial charge in [-0.05, 0) is 36.8 Å². The molecule has 0 saturated carbocycles.